The molecule has 5 nitrogen and oxygen atoms in total. The van der Waals surface area contributed by atoms with Crippen molar-refractivity contribution in [3.63, 3.8) is 0 Å². The van der Waals surface area contributed by atoms with Crippen LogP contribution in [0.4, 0.5) is 5.69 Å². The Labute approximate surface area is 118 Å². The van der Waals surface area contributed by atoms with Gasteiger partial charge in [0.2, 0.25) is 11.8 Å². The Morgan fingerprint density at radius 3 is 2.89 bits per heavy atom. The molecule has 2 rings (SSSR count). The molecule has 0 saturated carbocycles. The highest BCUT2D eigenvalue weighted by atomic mass is 35.5. The molecule has 1 aromatic carbocycles. The molecule has 1 aromatic rings. The second-order valence-corrected chi connectivity index (χ2v) is 4.38. The van der Waals surface area contributed by atoms with Gasteiger partial charge in [-0.05, 0) is 31.2 Å². The number of halogens is 1. The number of carbonyl (C=O) groups excluding carboxylic acids is 2. The molecule has 104 valence electrons. The van der Waals surface area contributed by atoms with Crippen LogP contribution >= 0.6 is 12.4 Å². The maximum atomic E-state index is 11.9. The molecule has 3 N–H and O–H groups in total. The predicted octanol–water partition coefficient (Wildman–Crippen LogP) is 1.04. The Kier molecular flexibility index (Phi) is 5.79. The van der Waals surface area contributed by atoms with Gasteiger partial charge in [0, 0.05) is 18.7 Å². The van der Waals surface area contributed by atoms with Crippen molar-refractivity contribution in [2.75, 3.05) is 12.4 Å². The summed E-state index contributed by atoms with van der Waals surface area (Å²) in [5, 5.41) is 8.53. The average molecular weight is 284 g/mol. The summed E-state index contributed by atoms with van der Waals surface area (Å²) in [7, 11) is 1.87. The van der Waals surface area contributed by atoms with Crippen molar-refractivity contribution in [2.24, 2.45) is 0 Å². The fourth-order valence-electron chi connectivity index (χ4n) is 2.00. The van der Waals surface area contributed by atoms with E-state index in [9.17, 15) is 9.59 Å². The molecule has 2 amide bonds. The fraction of sp³-hybridized carbons (Fsp3) is 0.385. The summed E-state index contributed by atoms with van der Waals surface area (Å²) in [5.74, 6) is -0.207. The van der Waals surface area contributed by atoms with E-state index < -0.39 is 6.04 Å². The molecule has 1 aliphatic rings. The lowest BCUT2D eigenvalue weighted by atomic mass is 10.1. The van der Waals surface area contributed by atoms with Crippen molar-refractivity contribution in [2.45, 2.75) is 25.4 Å². The minimum Gasteiger partial charge on any atom is -0.344 e. The van der Waals surface area contributed by atoms with Crippen LogP contribution in [0.2, 0.25) is 0 Å². The van der Waals surface area contributed by atoms with E-state index in [4.69, 9.17) is 0 Å². The van der Waals surface area contributed by atoms with Crippen molar-refractivity contribution in [3.05, 3.63) is 29.8 Å². The SMILES string of the molecule is CNCc1cccc(NC(=O)[C@@H]2CCC(=O)N2)c1.Cl. The Balaban J connectivity index is 0.00000180. The van der Waals surface area contributed by atoms with Crippen LogP contribution in [-0.4, -0.2) is 24.9 Å². The Hall–Kier alpha value is -1.59. The van der Waals surface area contributed by atoms with Crippen LogP contribution < -0.4 is 16.0 Å². The highest BCUT2D eigenvalue weighted by Crippen LogP contribution is 2.13. The number of nitrogens with one attached hydrogen (secondary N) is 3. The number of rotatable bonds is 4. The van der Waals surface area contributed by atoms with E-state index in [1.165, 1.54) is 0 Å². The number of benzene rings is 1. The second-order valence-electron chi connectivity index (χ2n) is 4.38. The second kappa shape index (κ2) is 7.11. The molecule has 19 heavy (non-hydrogen) atoms. The van der Waals surface area contributed by atoms with Crippen molar-refractivity contribution in [1.29, 1.82) is 0 Å². The Bertz CT molecular complexity index is 465. The topological polar surface area (TPSA) is 70.2 Å². The van der Waals surface area contributed by atoms with Gasteiger partial charge in [0.05, 0.1) is 0 Å². The predicted molar refractivity (Wildman–Crippen MR) is 76.2 cm³/mol. The van der Waals surface area contributed by atoms with Crippen LogP contribution in [0.3, 0.4) is 0 Å². The standard InChI is InChI=1S/C13H17N3O2.ClH/c1-14-8-9-3-2-4-10(7-9)15-13(18)11-5-6-12(17)16-11;/h2-4,7,11,14H,5-6,8H2,1H3,(H,15,18)(H,16,17);1H/t11-;/m0./s1. The number of carbonyl (C=O) groups is 2. The summed E-state index contributed by atoms with van der Waals surface area (Å²) in [5.41, 5.74) is 1.86. The van der Waals surface area contributed by atoms with Gasteiger partial charge in [0.25, 0.3) is 0 Å². The molecule has 1 saturated heterocycles. The Morgan fingerprint density at radius 1 is 1.47 bits per heavy atom. The van der Waals surface area contributed by atoms with E-state index in [0.29, 0.717) is 12.8 Å². The van der Waals surface area contributed by atoms with E-state index >= 15 is 0 Å². The molecular formula is C13H18ClN3O2. The summed E-state index contributed by atoms with van der Waals surface area (Å²) in [6.45, 7) is 0.754. The third-order valence-corrected chi connectivity index (χ3v) is 2.89. The lowest BCUT2D eigenvalue weighted by Crippen LogP contribution is -2.37. The molecule has 1 atom stereocenters. The van der Waals surface area contributed by atoms with E-state index in [-0.39, 0.29) is 24.2 Å². The van der Waals surface area contributed by atoms with Gasteiger partial charge in [-0.1, -0.05) is 12.1 Å². The Morgan fingerprint density at radius 2 is 2.26 bits per heavy atom. The van der Waals surface area contributed by atoms with Crippen molar-refractivity contribution < 1.29 is 9.59 Å². The quantitative estimate of drug-likeness (QED) is 0.773. The molecule has 1 heterocycles. The first-order valence-corrected chi connectivity index (χ1v) is 6.03. The lowest BCUT2D eigenvalue weighted by molar-refractivity contribution is -0.122. The van der Waals surface area contributed by atoms with E-state index in [2.05, 4.69) is 16.0 Å². The van der Waals surface area contributed by atoms with Crippen LogP contribution in [0.15, 0.2) is 24.3 Å². The van der Waals surface area contributed by atoms with E-state index in [0.717, 1.165) is 17.8 Å². The number of hydrogen-bond acceptors (Lipinski definition) is 3. The number of amides is 2. The molecule has 1 aliphatic heterocycles. The summed E-state index contributed by atoms with van der Waals surface area (Å²) < 4.78 is 0. The molecule has 0 bridgehead atoms. The molecule has 6 heteroatoms. The molecule has 0 radical (unpaired) electrons. The summed E-state index contributed by atoms with van der Waals surface area (Å²) in [6.07, 6.45) is 0.999. The molecule has 0 aliphatic carbocycles. The van der Waals surface area contributed by atoms with Crippen molar-refractivity contribution in [3.8, 4) is 0 Å². The van der Waals surface area contributed by atoms with Crippen molar-refractivity contribution in [1.82, 2.24) is 10.6 Å². The number of anilines is 1. The molecule has 1 fully saturated rings. The first kappa shape index (κ1) is 15.5. The van der Waals surface area contributed by atoms with E-state index in [1.807, 2.05) is 31.3 Å². The lowest BCUT2D eigenvalue weighted by Gasteiger charge is -2.11. The van der Waals surface area contributed by atoms with Gasteiger partial charge < -0.3 is 16.0 Å². The van der Waals surface area contributed by atoms with Gasteiger partial charge in [-0.25, -0.2) is 0 Å². The first-order chi connectivity index (χ1) is 8.69. The maximum absolute atomic E-state index is 11.9. The summed E-state index contributed by atoms with van der Waals surface area (Å²) in [6, 6.07) is 7.25. The third-order valence-electron chi connectivity index (χ3n) is 2.89. The van der Waals surface area contributed by atoms with Gasteiger partial charge in [-0.2, -0.15) is 0 Å². The minimum atomic E-state index is -0.398. The maximum Gasteiger partial charge on any atom is 0.246 e. The van der Waals surface area contributed by atoms with E-state index in [1.54, 1.807) is 0 Å². The number of hydrogen-bond donors (Lipinski definition) is 3. The van der Waals surface area contributed by atoms with Crippen LogP contribution in [0.1, 0.15) is 18.4 Å². The average Bonchev–Trinajstić information content (AvgIpc) is 2.77. The zero-order valence-electron chi connectivity index (χ0n) is 10.7. The minimum absolute atomic E-state index is 0. The smallest absolute Gasteiger partial charge is 0.246 e. The molecule has 0 unspecified atom stereocenters. The van der Waals surface area contributed by atoms with Gasteiger partial charge in [-0.15, -0.1) is 12.4 Å². The van der Waals surface area contributed by atoms with Crippen LogP contribution in [0.25, 0.3) is 0 Å². The normalized spacial score (nSPS) is 17.5. The van der Waals surface area contributed by atoms with Gasteiger partial charge >= 0.3 is 0 Å². The van der Waals surface area contributed by atoms with Gasteiger partial charge in [0.15, 0.2) is 0 Å². The highest BCUT2D eigenvalue weighted by molar-refractivity contribution is 5.98. The van der Waals surface area contributed by atoms with Gasteiger partial charge in [0.1, 0.15) is 6.04 Å². The zero-order valence-corrected chi connectivity index (χ0v) is 11.5. The van der Waals surface area contributed by atoms with Gasteiger partial charge in [-0.3, -0.25) is 9.59 Å². The highest BCUT2D eigenvalue weighted by Gasteiger charge is 2.26. The zero-order chi connectivity index (χ0) is 13.0. The largest absolute Gasteiger partial charge is 0.344 e. The van der Waals surface area contributed by atoms with Crippen molar-refractivity contribution >= 4 is 29.9 Å². The van der Waals surface area contributed by atoms with Crippen LogP contribution in [0.5, 0.6) is 0 Å². The molecular weight excluding hydrogens is 266 g/mol. The molecule has 0 spiro atoms. The molecule has 0 aromatic heterocycles. The van der Waals surface area contributed by atoms with Crippen LogP contribution in [0, 0.1) is 0 Å². The summed E-state index contributed by atoms with van der Waals surface area (Å²) >= 11 is 0. The first-order valence-electron chi connectivity index (χ1n) is 6.03. The fourth-order valence-corrected chi connectivity index (χ4v) is 2.00. The summed E-state index contributed by atoms with van der Waals surface area (Å²) in [4.78, 5) is 22.9. The van der Waals surface area contributed by atoms with Crippen LogP contribution in [-0.2, 0) is 16.1 Å². The third kappa shape index (κ3) is 4.22. The monoisotopic (exact) mass is 283 g/mol.